The van der Waals surface area contributed by atoms with Crippen LogP contribution in [0.2, 0.25) is 0 Å². The average Bonchev–Trinajstić information content (AvgIpc) is 3.46. The minimum Gasteiger partial charge on any atom is -0.481 e. The molecule has 0 spiro atoms. The van der Waals surface area contributed by atoms with Crippen molar-refractivity contribution in [1.29, 1.82) is 0 Å². The van der Waals surface area contributed by atoms with Gasteiger partial charge in [0.2, 0.25) is 11.1 Å². The van der Waals surface area contributed by atoms with Crippen LogP contribution in [-0.2, 0) is 26.3 Å². The van der Waals surface area contributed by atoms with Gasteiger partial charge in [0.05, 0.1) is 0 Å². The van der Waals surface area contributed by atoms with E-state index in [1.807, 2.05) is 0 Å². The van der Waals surface area contributed by atoms with Crippen molar-refractivity contribution < 1.29 is 24.3 Å². The Morgan fingerprint density at radius 3 is 2.97 bits per heavy atom. The Kier molecular flexibility index (Phi) is 7.27. The maximum Gasteiger partial charge on any atom is 0.313 e. The van der Waals surface area contributed by atoms with E-state index in [1.54, 1.807) is 12.4 Å². The van der Waals surface area contributed by atoms with Gasteiger partial charge >= 0.3 is 5.97 Å². The molecule has 0 radical (unpaired) electrons. The number of carboxylic acids is 1. The summed E-state index contributed by atoms with van der Waals surface area (Å²) in [7, 11) is 1.66. The number of tetrazole rings is 1. The molecule has 2 aromatic rings. The first kappa shape index (κ1) is 24.9. The number of hydrogen-bond donors (Lipinski definition) is 3. The molecule has 2 aromatic heterocycles. The van der Waals surface area contributed by atoms with E-state index < -0.39 is 28.7 Å². The zero-order chi connectivity index (χ0) is 25.2. The van der Waals surface area contributed by atoms with E-state index in [9.17, 15) is 19.5 Å². The number of oxime groups is 1. The van der Waals surface area contributed by atoms with Crippen molar-refractivity contribution in [1.82, 2.24) is 35.4 Å². The van der Waals surface area contributed by atoms with E-state index in [1.165, 1.54) is 39.2 Å². The van der Waals surface area contributed by atoms with Gasteiger partial charge in [-0.3, -0.25) is 14.4 Å². The van der Waals surface area contributed by atoms with Crippen molar-refractivity contribution in [2.24, 2.45) is 17.6 Å². The number of thioether (sulfide) groups is 2. The number of nitrogens with one attached hydrogen (secondary N) is 1. The molecule has 17 heteroatoms. The molecule has 2 unspecified atom stereocenters. The number of rotatable bonds is 10. The maximum absolute atomic E-state index is 12.9. The Morgan fingerprint density at radius 2 is 2.34 bits per heavy atom. The van der Waals surface area contributed by atoms with E-state index in [-0.39, 0.29) is 47.1 Å². The first-order chi connectivity index (χ1) is 16.8. The molecule has 2 aliphatic rings. The number of aryl methyl sites for hydroxylation is 1. The standard InChI is InChI=1S/C18H21N9O5S3/c1-3-4-32-23-10(9-5-33-16(19)20-9)12(28)21-11-13(29)27-6-18(15(30)31,7-34-14(11)27)8-35-17-22-24-25-26(17)2/h3,5,11,14H,1,4,6-8H2,2H3,(H2,19,20)(H,21,28)(H,30,31)/t11?,14-,18?/m1/s1. The highest BCUT2D eigenvalue weighted by Crippen LogP contribution is 2.44. The van der Waals surface area contributed by atoms with Crippen LogP contribution < -0.4 is 11.1 Å². The number of carboxylic acid groups (broad SMARTS) is 1. The van der Waals surface area contributed by atoms with Crippen molar-refractivity contribution in [2.75, 3.05) is 30.4 Å². The minimum absolute atomic E-state index is 0.00942. The summed E-state index contributed by atoms with van der Waals surface area (Å²) in [5, 5.41) is 29.5. The Balaban J connectivity index is 1.43. The normalized spacial score (nSPS) is 23.9. The largest absolute Gasteiger partial charge is 0.481 e. The van der Waals surface area contributed by atoms with Crippen LogP contribution in [-0.4, -0.2) is 94.8 Å². The molecule has 0 aromatic carbocycles. The van der Waals surface area contributed by atoms with Gasteiger partial charge in [0.25, 0.3) is 5.91 Å². The summed E-state index contributed by atoms with van der Waals surface area (Å²) >= 11 is 3.64. The van der Waals surface area contributed by atoms with Crippen molar-refractivity contribution in [3.05, 3.63) is 23.7 Å². The molecule has 186 valence electrons. The van der Waals surface area contributed by atoms with E-state index in [0.29, 0.717) is 5.16 Å². The number of amides is 2. The highest BCUT2D eigenvalue weighted by molar-refractivity contribution is 8.00. The smallest absolute Gasteiger partial charge is 0.313 e. The molecule has 4 N–H and O–H groups in total. The number of β-lactam (4-membered cyclic amide) rings is 1. The summed E-state index contributed by atoms with van der Waals surface area (Å²) in [6.45, 7) is 3.61. The van der Waals surface area contributed by atoms with Gasteiger partial charge < -0.3 is 25.9 Å². The number of aromatic nitrogens is 5. The zero-order valence-electron chi connectivity index (χ0n) is 18.4. The third-order valence-electron chi connectivity index (χ3n) is 5.27. The van der Waals surface area contributed by atoms with Gasteiger partial charge in [0.1, 0.15) is 29.1 Å². The van der Waals surface area contributed by atoms with E-state index in [4.69, 9.17) is 10.6 Å². The number of anilines is 1. The fourth-order valence-electron chi connectivity index (χ4n) is 3.42. The van der Waals surface area contributed by atoms with Gasteiger partial charge in [-0.25, -0.2) is 9.67 Å². The Bertz CT molecular complexity index is 1180. The van der Waals surface area contributed by atoms with Gasteiger partial charge in [0, 0.05) is 30.5 Å². The van der Waals surface area contributed by atoms with Crippen LogP contribution in [0.3, 0.4) is 0 Å². The number of carbonyl (C=O) groups excluding carboxylic acids is 2. The highest BCUT2D eigenvalue weighted by Gasteiger charge is 2.57. The van der Waals surface area contributed by atoms with Gasteiger partial charge in [-0.05, 0) is 10.4 Å². The molecule has 2 fully saturated rings. The fraction of sp³-hybridized carbons (Fsp3) is 0.444. The fourth-order valence-corrected chi connectivity index (χ4v) is 6.68. The lowest BCUT2D eigenvalue weighted by atomic mass is 9.89. The Labute approximate surface area is 211 Å². The number of hydrogen-bond acceptors (Lipinski definition) is 13. The summed E-state index contributed by atoms with van der Waals surface area (Å²) < 4.78 is 1.45. The molecular formula is C18H21N9O5S3. The van der Waals surface area contributed by atoms with E-state index in [0.717, 1.165) is 11.3 Å². The van der Waals surface area contributed by atoms with Gasteiger partial charge in [0.15, 0.2) is 10.8 Å². The molecule has 14 nitrogen and oxygen atoms in total. The third-order valence-corrected chi connectivity index (χ3v) is 8.83. The lowest BCUT2D eigenvalue weighted by molar-refractivity contribution is -0.157. The predicted molar refractivity (Wildman–Crippen MR) is 129 cm³/mol. The first-order valence-electron chi connectivity index (χ1n) is 10.1. The number of nitrogens with two attached hydrogens (primary N) is 1. The Hall–Kier alpha value is -3.18. The highest BCUT2D eigenvalue weighted by atomic mass is 32.2. The second-order valence-corrected chi connectivity index (χ2v) is 10.6. The summed E-state index contributed by atoms with van der Waals surface area (Å²) in [5.41, 5.74) is 4.57. The van der Waals surface area contributed by atoms with Crippen LogP contribution in [0.4, 0.5) is 5.13 Å². The van der Waals surface area contributed by atoms with E-state index >= 15 is 0 Å². The number of nitrogen functional groups attached to an aromatic ring is 1. The number of aliphatic carboxylic acids is 1. The van der Waals surface area contributed by atoms with Crippen molar-refractivity contribution in [2.45, 2.75) is 16.6 Å². The molecule has 4 heterocycles. The van der Waals surface area contributed by atoms with Crippen molar-refractivity contribution >= 4 is 63.5 Å². The lowest BCUT2D eigenvalue weighted by Gasteiger charge is -2.53. The minimum atomic E-state index is -1.19. The summed E-state index contributed by atoms with van der Waals surface area (Å²) in [5.74, 6) is -1.62. The molecule has 2 saturated heterocycles. The lowest BCUT2D eigenvalue weighted by Crippen LogP contribution is -2.74. The van der Waals surface area contributed by atoms with Crippen LogP contribution in [0.25, 0.3) is 0 Å². The molecule has 2 aliphatic heterocycles. The number of fused-ring (bicyclic) bond motifs is 1. The molecule has 0 bridgehead atoms. The topological polar surface area (TPSA) is 191 Å². The molecule has 35 heavy (non-hydrogen) atoms. The van der Waals surface area contributed by atoms with Crippen LogP contribution in [0.15, 0.2) is 28.3 Å². The zero-order valence-corrected chi connectivity index (χ0v) is 20.8. The molecule has 3 atom stereocenters. The molecule has 2 amide bonds. The SMILES string of the molecule is C=CCON=C(C(=O)NC1C(=O)N2CC(CSc3nnnn3C)(C(=O)O)CS[C@H]12)c1csc(N)n1. The maximum atomic E-state index is 12.9. The molecule has 4 rings (SSSR count). The average molecular weight is 540 g/mol. The van der Waals surface area contributed by atoms with Gasteiger partial charge in [-0.15, -0.1) is 28.2 Å². The van der Waals surface area contributed by atoms with Crippen LogP contribution in [0.1, 0.15) is 5.69 Å². The van der Waals surface area contributed by atoms with Crippen LogP contribution >= 0.6 is 34.9 Å². The summed E-state index contributed by atoms with van der Waals surface area (Å²) in [6, 6.07) is -0.838. The predicted octanol–water partition coefficient (Wildman–Crippen LogP) is -0.581. The van der Waals surface area contributed by atoms with E-state index in [2.05, 4.69) is 37.6 Å². The number of carbonyl (C=O) groups is 3. The summed E-state index contributed by atoms with van der Waals surface area (Å²) in [6.07, 6.45) is 1.47. The number of thiazole rings is 1. The second-order valence-electron chi connectivity index (χ2n) is 7.67. The quantitative estimate of drug-likeness (QED) is 0.0870. The first-order valence-corrected chi connectivity index (χ1v) is 13.0. The molecule has 0 aliphatic carbocycles. The molecule has 0 saturated carbocycles. The summed E-state index contributed by atoms with van der Waals surface area (Å²) in [4.78, 5) is 48.6. The van der Waals surface area contributed by atoms with Crippen LogP contribution in [0, 0.1) is 5.41 Å². The van der Waals surface area contributed by atoms with Crippen molar-refractivity contribution in [3.8, 4) is 0 Å². The van der Waals surface area contributed by atoms with Crippen LogP contribution in [0.5, 0.6) is 0 Å². The third kappa shape index (κ3) is 4.96. The molecular weight excluding hydrogens is 518 g/mol. The monoisotopic (exact) mass is 539 g/mol. The second kappa shape index (κ2) is 10.2. The van der Waals surface area contributed by atoms with Gasteiger partial charge in [-0.1, -0.05) is 29.6 Å². The Morgan fingerprint density at radius 1 is 1.54 bits per heavy atom. The van der Waals surface area contributed by atoms with Gasteiger partial charge in [-0.2, -0.15) is 0 Å². The number of nitrogens with zero attached hydrogens (tertiary/aromatic N) is 7. The van der Waals surface area contributed by atoms with Crippen molar-refractivity contribution in [3.63, 3.8) is 0 Å².